The first-order valence-electron chi connectivity index (χ1n) is 9.08. The molecular weight excluding hydrogens is 416 g/mol. The second-order valence-corrected chi connectivity index (χ2v) is 8.78. The number of nitrogens with one attached hydrogen (secondary N) is 1. The summed E-state index contributed by atoms with van der Waals surface area (Å²) in [5.41, 5.74) is 0.640. The Morgan fingerprint density at radius 1 is 1.03 bits per heavy atom. The minimum absolute atomic E-state index is 0.0509. The van der Waals surface area contributed by atoms with Crippen LogP contribution in [0.1, 0.15) is 22.8 Å². The maximum atomic E-state index is 14.1. The number of likely N-dealkylation sites (N-methyl/N-ethyl adjacent to an activating group) is 1. The number of hydrogen-bond acceptors (Lipinski definition) is 4. The average Bonchev–Trinajstić information content (AvgIpc) is 2.71. The zero-order chi connectivity index (χ0) is 22.5. The molecule has 0 aliphatic heterocycles. The first kappa shape index (κ1) is 23.4. The molecule has 0 saturated heterocycles. The Kier molecular flexibility index (Phi) is 7.63. The van der Waals surface area contributed by atoms with E-state index in [4.69, 9.17) is 0 Å². The van der Waals surface area contributed by atoms with Crippen LogP contribution in [0.4, 0.5) is 8.78 Å². The molecule has 0 aliphatic rings. The highest BCUT2D eigenvalue weighted by molar-refractivity contribution is 7.89. The second-order valence-electron chi connectivity index (χ2n) is 6.66. The van der Waals surface area contributed by atoms with Gasteiger partial charge in [-0.05, 0) is 42.8 Å². The van der Waals surface area contributed by atoms with Gasteiger partial charge in [-0.1, -0.05) is 12.1 Å². The molecule has 0 bridgehead atoms. The molecule has 2 aromatic carbocycles. The van der Waals surface area contributed by atoms with Crippen LogP contribution in [0.5, 0.6) is 0 Å². The fraction of sp³-hybridized carbons (Fsp3) is 0.300. The van der Waals surface area contributed by atoms with Gasteiger partial charge in [0.25, 0.3) is 5.91 Å². The highest BCUT2D eigenvalue weighted by Crippen LogP contribution is 2.20. The van der Waals surface area contributed by atoms with Crippen LogP contribution in [0.25, 0.3) is 0 Å². The van der Waals surface area contributed by atoms with Crippen LogP contribution in [0.15, 0.2) is 47.4 Å². The van der Waals surface area contributed by atoms with Crippen LogP contribution in [-0.4, -0.2) is 56.6 Å². The fourth-order valence-corrected chi connectivity index (χ4v) is 3.56. The van der Waals surface area contributed by atoms with Crippen molar-refractivity contribution in [3.63, 3.8) is 0 Å². The molecule has 162 valence electrons. The molecular formula is C20H23F2N3O4S. The molecule has 0 radical (unpaired) electrons. The average molecular weight is 439 g/mol. The minimum atomic E-state index is -4.08. The van der Waals surface area contributed by atoms with E-state index in [9.17, 15) is 26.8 Å². The molecule has 0 spiro atoms. The Morgan fingerprint density at radius 3 is 2.23 bits per heavy atom. The smallest absolute Gasteiger partial charge is 0.254 e. The van der Waals surface area contributed by atoms with Gasteiger partial charge < -0.3 is 10.2 Å². The molecule has 0 unspecified atom stereocenters. The third-order valence-electron chi connectivity index (χ3n) is 4.34. The van der Waals surface area contributed by atoms with Crippen LogP contribution in [0.3, 0.4) is 0 Å². The lowest BCUT2D eigenvalue weighted by Gasteiger charge is -2.21. The predicted octanol–water partition coefficient (Wildman–Crippen LogP) is 1.99. The van der Waals surface area contributed by atoms with Crippen LogP contribution in [-0.2, 0) is 21.4 Å². The molecule has 0 heterocycles. The molecule has 0 fully saturated rings. The number of benzene rings is 2. The fourth-order valence-electron chi connectivity index (χ4n) is 2.57. The SMILES string of the molecule is CCN(CC(=O)NCc1ccc(F)cc1)C(=O)c1ccc(F)c(S(=O)(=O)N(C)C)c1. The Labute approximate surface area is 174 Å². The Hall–Kier alpha value is -2.85. The van der Waals surface area contributed by atoms with E-state index in [1.807, 2.05) is 0 Å². The number of carbonyl (C=O) groups excluding carboxylic acids is 2. The predicted molar refractivity (Wildman–Crippen MR) is 107 cm³/mol. The zero-order valence-corrected chi connectivity index (χ0v) is 17.7. The van der Waals surface area contributed by atoms with Crippen molar-refractivity contribution in [3.05, 3.63) is 65.2 Å². The van der Waals surface area contributed by atoms with E-state index in [1.54, 1.807) is 6.92 Å². The summed E-state index contributed by atoms with van der Waals surface area (Å²) in [7, 11) is -1.57. The second kappa shape index (κ2) is 9.77. The number of nitrogens with zero attached hydrogens (tertiary/aromatic N) is 2. The molecule has 0 aliphatic carbocycles. The van der Waals surface area contributed by atoms with Gasteiger partial charge in [0.15, 0.2) is 0 Å². The van der Waals surface area contributed by atoms with Crippen molar-refractivity contribution < 1.29 is 26.8 Å². The van der Waals surface area contributed by atoms with Crippen molar-refractivity contribution >= 4 is 21.8 Å². The highest BCUT2D eigenvalue weighted by atomic mass is 32.2. The van der Waals surface area contributed by atoms with Crippen LogP contribution < -0.4 is 5.32 Å². The van der Waals surface area contributed by atoms with E-state index in [-0.39, 0.29) is 31.0 Å². The number of hydrogen-bond donors (Lipinski definition) is 1. The zero-order valence-electron chi connectivity index (χ0n) is 16.9. The number of halogens is 2. The maximum Gasteiger partial charge on any atom is 0.254 e. The molecule has 2 rings (SSSR count). The van der Waals surface area contributed by atoms with Crippen molar-refractivity contribution in [2.75, 3.05) is 27.2 Å². The van der Waals surface area contributed by atoms with Gasteiger partial charge in [0.2, 0.25) is 15.9 Å². The van der Waals surface area contributed by atoms with Crippen molar-refractivity contribution in [2.24, 2.45) is 0 Å². The lowest BCUT2D eigenvalue weighted by atomic mass is 10.2. The summed E-state index contributed by atoms with van der Waals surface area (Å²) in [6.07, 6.45) is 0. The summed E-state index contributed by atoms with van der Waals surface area (Å²) in [6.45, 7) is 1.72. The van der Waals surface area contributed by atoms with E-state index in [2.05, 4.69) is 5.32 Å². The summed E-state index contributed by atoms with van der Waals surface area (Å²) in [6, 6.07) is 8.66. The van der Waals surface area contributed by atoms with E-state index in [1.165, 1.54) is 49.3 Å². The largest absolute Gasteiger partial charge is 0.350 e. The summed E-state index contributed by atoms with van der Waals surface area (Å²) in [5.74, 6) is -2.41. The number of carbonyl (C=O) groups is 2. The third kappa shape index (κ3) is 5.61. The minimum Gasteiger partial charge on any atom is -0.350 e. The molecule has 0 atom stereocenters. The van der Waals surface area contributed by atoms with E-state index in [0.29, 0.717) is 5.56 Å². The quantitative estimate of drug-likeness (QED) is 0.682. The maximum absolute atomic E-state index is 14.1. The van der Waals surface area contributed by atoms with E-state index >= 15 is 0 Å². The number of sulfonamides is 1. The van der Waals surface area contributed by atoms with Gasteiger partial charge in [-0.15, -0.1) is 0 Å². The lowest BCUT2D eigenvalue weighted by Crippen LogP contribution is -2.40. The standard InChI is InChI=1S/C20H23F2N3O4S/c1-4-25(13-19(26)23-12-14-5-8-16(21)9-6-14)20(27)15-7-10-17(22)18(11-15)30(28,29)24(2)3/h5-11H,4,12-13H2,1-3H3,(H,23,26). The van der Waals surface area contributed by atoms with Crippen molar-refractivity contribution in [2.45, 2.75) is 18.4 Å². The molecule has 10 heteroatoms. The first-order chi connectivity index (χ1) is 14.1. The molecule has 7 nitrogen and oxygen atoms in total. The molecule has 30 heavy (non-hydrogen) atoms. The third-order valence-corrected chi connectivity index (χ3v) is 6.17. The number of rotatable bonds is 8. The lowest BCUT2D eigenvalue weighted by molar-refractivity contribution is -0.121. The van der Waals surface area contributed by atoms with Gasteiger partial charge in [-0.3, -0.25) is 9.59 Å². The topological polar surface area (TPSA) is 86.8 Å². The van der Waals surface area contributed by atoms with Crippen LogP contribution >= 0.6 is 0 Å². The summed E-state index contributed by atoms with van der Waals surface area (Å²) in [4.78, 5) is 25.6. The van der Waals surface area contributed by atoms with E-state index in [0.717, 1.165) is 16.4 Å². The van der Waals surface area contributed by atoms with Gasteiger partial charge in [-0.25, -0.2) is 21.5 Å². The van der Waals surface area contributed by atoms with Crippen LogP contribution in [0, 0.1) is 11.6 Å². The summed E-state index contributed by atoms with van der Waals surface area (Å²) < 4.78 is 52.3. The normalized spacial score (nSPS) is 11.4. The highest BCUT2D eigenvalue weighted by Gasteiger charge is 2.25. The molecule has 2 aromatic rings. The molecule has 1 N–H and O–H groups in total. The number of amides is 2. The van der Waals surface area contributed by atoms with Crippen LogP contribution in [0.2, 0.25) is 0 Å². The van der Waals surface area contributed by atoms with Crippen molar-refractivity contribution in [3.8, 4) is 0 Å². The Balaban J connectivity index is 2.12. The van der Waals surface area contributed by atoms with Crippen molar-refractivity contribution in [1.82, 2.24) is 14.5 Å². The molecule has 2 amide bonds. The van der Waals surface area contributed by atoms with Gasteiger partial charge >= 0.3 is 0 Å². The van der Waals surface area contributed by atoms with Crippen molar-refractivity contribution in [1.29, 1.82) is 0 Å². The molecule has 0 aromatic heterocycles. The molecule has 0 saturated carbocycles. The summed E-state index contributed by atoms with van der Waals surface area (Å²) >= 11 is 0. The van der Waals surface area contributed by atoms with Gasteiger partial charge in [0, 0.05) is 32.7 Å². The Bertz CT molecular complexity index is 1020. The monoisotopic (exact) mass is 439 g/mol. The first-order valence-corrected chi connectivity index (χ1v) is 10.5. The summed E-state index contributed by atoms with van der Waals surface area (Å²) in [5, 5.41) is 2.63. The van der Waals surface area contributed by atoms with Gasteiger partial charge in [-0.2, -0.15) is 0 Å². The Morgan fingerprint density at radius 2 is 1.67 bits per heavy atom. The van der Waals surface area contributed by atoms with E-state index < -0.39 is 32.6 Å². The van der Waals surface area contributed by atoms with Gasteiger partial charge in [0.05, 0.1) is 6.54 Å². The van der Waals surface area contributed by atoms with Gasteiger partial charge in [0.1, 0.15) is 16.5 Å².